The Kier molecular flexibility index (Phi) is 7.77. The van der Waals surface area contributed by atoms with Gasteiger partial charge in [0.2, 0.25) is 0 Å². The van der Waals surface area contributed by atoms with Crippen LogP contribution in [-0.4, -0.2) is 13.0 Å². The number of hydrogen-bond acceptors (Lipinski definition) is 2. The molecular formula is C15H26NO3S+. The van der Waals surface area contributed by atoms with E-state index in [0.717, 1.165) is 19.4 Å². The molecule has 1 aromatic rings. The molecule has 0 aliphatic rings. The van der Waals surface area contributed by atoms with E-state index in [2.05, 4.69) is 6.92 Å². The first kappa shape index (κ1) is 17.1. The SMILES string of the molecule is CCCCCCCCCC[n+]1cccc(S(=O)(=O)O)c1. The average Bonchev–Trinajstić information content (AvgIpc) is 2.41. The van der Waals surface area contributed by atoms with Crippen LogP contribution in [0.15, 0.2) is 29.4 Å². The second-order valence-corrected chi connectivity index (χ2v) is 6.65. The molecule has 0 atom stereocenters. The molecular weight excluding hydrogens is 274 g/mol. The number of rotatable bonds is 10. The highest BCUT2D eigenvalue weighted by Gasteiger charge is 2.13. The van der Waals surface area contributed by atoms with Gasteiger partial charge >= 0.3 is 0 Å². The van der Waals surface area contributed by atoms with Gasteiger partial charge in [-0.3, -0.25) is 4.55 Å². The molecule has 1 rings (SSSR count). The number of aromatic nitrogens is 1. The van der Waals surface area contributed by atoms with Crippen LogP contribution in [0.4, 0.5) is 0 Å². The van der Waals surface area contributed by atoms with Crippen LogP contribution in [0.3, 0.4) is 0 Å². The first-order valence-electron chi connectivity index (χ1n) is 7.50. The Morgan fingerprint density at radius 3 is 2.25 bits per heavy atom. The van der Waals surface area contributed by atoms with Gasteiger partial charge in [-0.05, 0) is 12.5 Å². The van der Waals surface area contributed by atoms with Gasteiger partial charge in [0.1, 0.15) is 6.54 Å². The van der Waals surface area contributed by atoms with Crippen LogP contribution in [0, 0.1) is 0 Å². The highest BCUT2D eigenvalue weighted by Crippen LogP contribution is 2.08. The minimum absolute atomic E-state index is 0.0421. The second kappa shape index (κ2) is 9.08. The van der Waals surface area contributed by atoms with Gasteiger partial charge in [-0.2, -0.15) is 8.42 Å². The maximum absolute atomic E-state index is 11.0. The van der Waals surface area contributed by atoms with Crippen molar-refractivity contribution < 1.29 is 17.5 Å². The van der Waals surface area contributed by atoms with Gasteiger partial charge in [0.15, 0.2) is 17.3 Å². The Balaban J connectivity index is 2.22. The second-order valence-electron chi connectivity index (χ2n) is 5.23. The summed E-state index contributed by atoms with van der Waals surface area (Å²) in [6.07, 6.45) is 13.3. The minimum Gasteiger partial charge on any atom is -0.282 e. The number of pyridine rings is 1. The lowest BCUT2D eigenvalue weighted by atomic mass is 10.1. The van der Waals surface area contributed by atoms with Crippen molar-refractivity contribution in [1.29, 1.82) is 0 Å². The third-order valence-corrected chi connectivity index (χ3v) is 4.24. The van der Waals surface area contributed by atoms with E-state index in [9.17, 15) is 8.42 Å². The molecule has 0 unspecified atom stereocenters. The Bertz CT molecular complexity index is 486. The van der Waals surface area contributed by atoms with Gasteiger partial charge < -0.3 is 0 Å². The van der Waals surface area contributed by atoms with Crippen LogP contribution >= 0.6 is 0 Å². The van der Waals surface area contributed by atoms with Crippen LogP contribution < -0.4 is 4.57 Å². The molecule has 1 heterocycles. The summed E-state index contributed by atoms with van der Waals surface area (Å²) in [6.45, 7) is 3.01. The molecule has 0 amide bonds. The first-order valence-corrected chi connectivity index (χ1v) is 8.94. The lowest BCUT2D eigenvalue weighted by molar-refractivity contribution is -0.699. The Labute approximate surface area is 122 Å². The normalized spacial score (nSPS) is 11.7. The number of aryl methyl sites for hydroxylation is 1. The molecule has 0 aliphatic heterocycles. The number of hydrogen-bond donors (Lipinski definition) is 1. The summed E-state index contributed by atoms with van der Waals surface area (Å²) in [5.41, 5.74) is 0. The average molecular weight is 300 g/mol. The van der Waals surface area contributed by atoms with Gasteiger partial charge in [-0.25, -0.2) is 4.57 Å². The van der Waals surface area contributed by atoms with Gasteiger partial charge in [0.25, 0.3) is 10.1 Å². The monoisotopic (exact) mass is 300 g/mol. The molecule has 1 N–H and O–H groups in total. The van der Waals surface area contributed by atoms with Gasteiger partial charge in [0.05, 0.1) is 0 Å². The largest absolute Gasteiger partial charge is 0.300 e. The molecule has 0 radical (unpaired) electrons. The van der Waals surface area contributed by atoms with Crippen molar-refractivity contribution in [1.82, 2.24) is 0 Å². The number of unbranched alkanes of at least 4 members (excludes halogenated alkanes) is 7. The van der Waals surface area contributed by atoms with E-state index in [1.807, 2.05) is 10.8 Å². The van der Waals surface area contributed by atoms with Crippen LogP contribution in [0.5, 0.6) is 0 Å². The van der Waals surface area contributed by atoms with Crippen molar-refractivity contribution in [3.8, 4) is 0 Å². The highest BCUT2D eigenvalue weighted by molar-refractivity contribution is 7.85. The molecule has 0 aliphatic carbocycles. The van der Waals surface area contributed by atoms with Gasteiger partial charge in [0, 0.05) is 12.5 Å². The van der Waals surface area contributed by atoms with Crippen LogP contribution in [0.2, 0.25) is 0 Å². The van der Waals surface area contributed by atoms with Gasteiger partial charge in [-0.1, -0.05) is 45.4 Å². The topological polar surface area (TPSA) is 58.2 Å². The molecule has 4 nitrogen and oxygen atoms in total. The fourth-order valence-corrected chi connectivity index (χ4v) is 2.74. The molecule has 114 valence electrons. The van der Waals surface area contributed by atoms with Crippen molar-refractivity contribution in [2.24, 2.45) is 0 Å². The summed E-state index contributed by atoms with van der Waals surface area (Å²) in [5.74, 6) is 0. The molecule has 0 saturated carbocycles. The summed E-state index contributed by atoms with van der Waals surface area (Å²) < 4.78 is 32.9. The first-order chi connectivity index (χ1) is 9.54. The third kappa shape index (κ3) is 7.01. The quantitative estimate of drug-likeness (QED) is 0.409. The summed E-state index contributed by atoms with van der Waals surface area (Å²) >= 11 is 0. The van der Waals surface area contributed by atoms with Crippen molar-refractivity contribution in [3.05, 3.63) is 24.5 Å². The molecule has 0 spiro atoms. The lowest BCUT2D eigenvalue weighted by Crippen LogP contribution is -2.33. The van der Waals surface area contributed by atoms with E-state index in [4.69, 9.17) is 4.55 Å². The van der Waals surface area contributed by atoms with Crippen molar-refractivity contribution in [3.63, 3.8) is 0 Å². The summed E-state index contributed by atoms with van der Waals surface area (Å²) in [6, 6.07) is 3.05. The highest BCUT2D eigenvalue weighted by atomic mass is 32.2. The van der Waals surface area contributed by atoms with E-state index in [1.54, 1.807) is 6.07 Å². The smallest absolute Gasteiger partial charge is 0.282 e. The van der Waals surface area contributed by atoms with E-state index in [1.165, 1.54) is 50.8 Å². The fraction of sp³-hybridized carbons (Fsp3) is 0.667. The van der Waals surface area contributed by atoms with E-state index >= 15 is 0 Å². The van der Waals surface area contributed by atoms with E-state index in [-0.39, 0.29) is 4.90 Å². The summed E-state index contributed by atoms with van der Waals surface area (Å²) in [5, 5.41) is 0. The predicted molar refractivity (Wildman–Crippen MR) is 79.1 cm³/mol. The fourth-order valence-electron chi connectivity index (χ4n) is 2.22. The Hall–Kier alpha value is -0.940. The molecule has 0 fully saturated rings. The van der Waals surface area contributed by atoms with Gasteiger partial charge in [-0.15, -0.1) is 0 Å². The predicted octanol–water partition coefficient (Wildman–Crippen LogP) is 3.36. The van der Waals surface area contributed by atoms with Crippen LogP contribution in [-0.2, 0) is 16.7 Å². The summed E-state index contributed by atoms with van der Waals surface area (Å²) in [4.78, 5) is -0.0421. The Morgan fingerprint density at radius 1 is 1.05 bits per heavy atom. The van der Waals surface area contributed by atoms with Crippen LogP contribution in [0.25, 0.3) is 0 Å². The maximum Gasteiger partial charge on any atom is 0.300 e. The third-order valence-electron chi connectivity index (χ3n) is 3.40. The van der Waals surface area contributed by atoms with Crippen molar-refractivity contribution in [2.75, 3.05) is 0 Å². The van der Waals surface area contributed by atoms with E-state index in [0.29, 0.717) is 0 Å². The standard InChI is InChI=1S/C15H25NO3S/c1-2-3-4-5-6-7-8-9-12-16-13-10-11-15(14-16)20(17,18)19/h10-11,13-14H,2-9,12H2,1H3/p+1. The van der Waals surface area contributed by atoms with Crippen molar-refractivity contribution >= 4 is 10.1 Å². The molecule has 0 aromatic carbocycles. The lowest BCUT2D eigenvalue weighted by Gasteiger charge is -2.01. The summed E-state index contributed by atoms with van der Waals surface area (Å²) in [7, 11) is -4.09. The number of nitrogens with zero attached hydrogens (tertiary/aromatic N) is 1. The van der Waals surface area contributed by atoms with Crippen LogP contribution in [0.1, 0.15) is 58.3 Å². The molecule has 0 bridgehead atoms. The molecule has 0 saturated heterocycles. The zero-order chi connectivity index (χ0) is 14.8. The maximum atomic E-state index is 11.0. The zero-order valence-electron chi connectivity index (χ0n) is 12.3. The zero-order valence-corrected chi connectivity index (χ0v) is 13.1. The molecule has 20 heavy (non-hydrogen) atoms. The Morgan fingerprint density at radius 2 is 1.65 bits per heavy atom. The molecule has 5 heteroatoms. The molecule has 1 aromatic heterocycles. The van der Waals surface area contributed by atoms with Crippen molar-refractivity contribution in [2.45, 2.75) is 69.7 Å². The minimum atomic E-state index is -4.09. The van der Waals surface area contributed by atoms with E-state index < -0.39 is 10.1 Å².